The van der Waals surface area contributed by atoms with Gasteiger partial charge in [0.25, 0.3) is 0 Å². The Morgan fingerprint density at radius 1 is 0.388 bits per heavy atom. The normalized spacial score (nSPS) is 14.8. The lowest BCUT2D eigenvalue weighted by molar-refractivity contribution is 0.670. The van der Waals surface area contributed by atoms with E-state index in [-0.39, 0.29) is 44.7 Å². The Bertz CT molecular complexity index is 3420. The first kappa shape index (κ1) is 18.8. The van der Waals surface area contributed by atoms with Gasteiger partial charge in [-0.15, -0.1) is 0 Å². The molecule has 1 aromatic heterocycles. The second-order valence-corrected chi connectivity index (χ2v) is 12.0. The van der Waals surface area contributed by atoms with Gasteiger partial charge in [-0.05, 0) is 89.4 Å². The molecule has 0 unspecified atom stereocenters. The number of rotatable bonds is 4. The molecule has 0 aliphatic carbocycles. The van der Waals surface area contributed by atoms with Crippen LogP contribution in [0.2, 0.25) is 0 Å². The summed E-state index contributed by atoms with van der Waals surface area (Å²) in [6, 6.07) is 33.0. The monoisotopic (exact) mass is 633 g/mol. The Balaban J connectivity index is 1.21. The van der Waals surface area contributed by atoms with Crippen LogP contribution in [0.5, 0.6) is 0 Å². The van der Waals surface area contributed by atoms with Crippen molar-refractivity contribution in [1.82, 2.24) is 0 Å². The Labute approximate surface area is 299 Å². The smallest absolute Gasteiger partial charge is 0.143 e. The van der Waals surface area contributed by atoms with Crippen LogP contribution in [0, 0.1) is 0 Å². The van der Waals surface area contributed by atoms with E-state index < -0.39 is 60.4 Å². The first-order chi connectivity index (χ1) is 28.9. The second kappa shape index (κ2) is 11.1. The summed E-state index contributed by atoms with van der Waals surface area (Å²) in [6.45, 7) is 0. The third kappa shape index (κ3) is 4.40. The number of hydrogen-bond donors (Lipinski definition) is 0. The number of furan rings is 1. The van der Waals surface area contributed by atoms with E-state index in [1.54, 1.807) is 6.07 Å². The molecule has 0 radical (unpaired) electrons. The first-order valence-electron chi connectivity index (χ1n) is 21.4. The van der Waals surface area contributed by atoms with Crippen LogP contribution in [0.1, 0.15) is 15.1 Å². The standard InChI is InChI=1S/C48H30O/c1-3-13-31(14-4-1)38-22-11-23-43-47-37(21-12-24-44(47)49-48(38)43)35-27-25-34-30-36(28-26-33(34)29-35)46-41-19-9-7-17-39(41)45(32-15-5-2-6-16-32)40-18-8-10-20-42(40)46/h1-30H/i1D,3D,4D,11D,12D,13D,14D,21D,22D,23D,24D. The molecule has 0 aliphatic rings. The topological polar surface area (TPSA) is 13.1 Å². The van der Waals surface area contributed by atoms with E-state index in [1.165, 1.54) is 5.56 Å². The van der Waals surface area contributed by atoms with Crippen molar-refractivity contribution in [3.8, 4) is 44.5 Å². The van der Waals surface area contributed by atoms with Crippen molar-refractivity contribution in [3.05, 3.63) is 182 Å². The van der Waals surface area contributed by atoms with Gasteiger partial charge in [-0.3, -0.25) is 0 Å². The molecule has 0 N–H and O–H groups in total. The van der Waals surface area contributed by atoms with Crippen molar-refractivity contribution in [1.29, 1.82) is 0 Å². The van der Waals surface area contributed by atoms with E-state index in [0.717, 1.165) is 49.0 Å². The molecule has 0 bridgehead atoms. The van der Waals surface area contributed by atoms with E-state index >= 15 is 0 Å². The van der Waals surface area contributed by atoms with Crippen molar-refractivity contribution in [2.45, 2.75) is 0 Å². The van der Waals surface area contributed by atoms with E-state index in [0.29, 0.717) is 5.56 Å². The third-order valence-corrected chi connectivity index (χ3v) is 9.29. The second-order valence-electron chi connectivity index (χ2n) is 12.0. The molecule has 0 saturated heterocycles. The minimum atomic E-state index is -0.648. The van der Waals surface area contributed by atoms with E-state index in [1.807, 2.05) is 48.5 Å². The highest BCUT2D eigenvalue weighted by molar-refractivity contribution is 6.22. The summed E-state index contributed by atoms with van der Waals surface area (Å²) in [6.07, 6.45) is 0. The van der Waals surface area contributed by atoms with E-state index in [9.17, 15) is 0 Å². The minimum Gasteiger partial charge on any atom is -0.455 e. The molecule has 49 heavy (non-hydrogen) atoms. The summed E-state index contributed by atoms with van der Waals surface area (Å²) in [5.74, 6) is 0. The van der Waals surface area contributed by atoms with Crippen molar-refractivity contribution in [2.24, 2.45) is 0 Å². The first-order valence-corrected chi connectivity index (χ1v) is 15.9. The lowest BCUT2D eigenvalue weighted by Crippen LogP contribution is -1.90. The van der Waals surface area contributed by atoms with Crippen LogP contribution >= 0.6 is 0 Å². The molecular weight excluding hydrogens is 593 g/mol. The van der Waals surface area contributed by atoms with Gasteiger partial charge in [0, 0.05) is 16.3 Å². The van der Waals surface area contributed by atoms with Gasteiger partial charge in [-0.25, -0.2) is 0 Å². The minimum absolute atomic E-state index is 0.0574. The molecule has 10 aromatic rings. The predicted octanol–water partition coefficient (Wildman–Crippen LogP) is 13.7. The Morgan fingerprint density at radius 3 is 1.65 bits per heavy atom. The van der Waals surface area contributed by atoms with Crippen molar-refractivity contribution >= 4 is 54.3 Å². The van der Waals surface area contributed by atoms with Gasteiger partial charge in [-0.1, -0.05) is 164 Å². The molecule has 0 spiro atoms. The van der Waals surface area contributed by atoms with Gasteiger partial charge in [0.05, 0.1) is 15.1 Å². The van der Waals surface area contributed by atoms with Crippen LogP contribution in [0.3, 0.4) is 0 Å². The largest absolute Gasteiger partial charge is 0.455 e. The van der Waals surface area contributed by atoms with Gasteiger partial charge < -0.3 is 4.42 Å². The maximum Gasteiger partial charge on any atom is 0.143 e. The molecule has 0 fully saturated rings. The highest BCUT2D eigenvalue weighted by Gasteiger charge is 2.18. The zero-order valence-corrected chi connectivity index (χ0v) is 25.9. The van der Waals surface area contributed by atoms with Crippen molar-refractivity contribution in [2.75, 3.05) is 0 Å². The summed E-state index contributed by atoms with van der Waals surface area (Å²) >= 11 is 0. The van der Waals surface area contributed by atoms with Gasteiger partial charge in [0.15, 0.2) is 0 Å². The Kier molecular flexibility index (Phi) is 4.25. The van der Waals surface area contributed by atoms with Gasteiger partial charge in [0.1, 0.15) is 11.2 Å². The molecule has 10 rings (SSSR count). The molecule has 0 aliphatic heterocycles. The molecular formula is C48H30O. The average molecular weight is 634 g/mol. The summed E-state index contributed by atoms with van der Waals surface area (Å²) in [5.41, 5.74) is 3.94. The fourth-order valence-corrected chi connectivity index (χ4v) is 7.16. The number of fused-ring (bicyclic) bond motifs is 6. The van der Waals surface area contributed by atoms with E-state index in [2.05, 4.69) is 60.7 Å². The molecule has 0 atom stereocenters. The predicted molar refractivity (Wildman–Crippen MR) is 208 cm³/mol. The fraction of sp³-hybridized carbons (Fsp3) is 0. The lowest BCUT2D eigenvalue weighted by Gasteiger charge is -2.18. The zero-order chi connectivity index (χ0) is 41.9. The lowest BCUT2D eigenvalue weighted by atomic mass is 9.85. The summed E-state index contributed by atoms with van der Waals surface area (Å²) < 4.78 is 102. The van der Waals surface area contributed by atoms with Crippen molar-refractivity contribution < 1.29 is 19.5 Å². The van der Waals surface area contributed by atoms with Gasteiger partial charge in [-0.2, -0.15) is 0 Å². The van der Waals surface area contributed by atoms with Crippen LogP contribution in [-0.4, -0.2) is 0 Å². The van der Waals surface area contributed by atoms with Crippen LogP contribution in [0.25, 0.3) is 98.8 Å². The summed E-state index contributed by atoms with van der Waals surface area (Å²) in [7, 11) is 0. The van der Waals surface area contributed by atoms with Crippen LogP contribution < -0.4 is 0 Å². The Hall–Kier alpha value is -6.44. The van der Waals surface area contributed by atoms with Gasteiger partial charge >= 0.3 is 0 Å². The molecule has 1 nitrogen and oxygen atoms in total. The number of para-hydroxylation sites is 1. The molecule has 9 aromatic carbocycles. The van der Waals surface area contributed by atoms with Crippen LogP contribution in [-0.2, 0) is 0 Å². The van der Waals surface area contributed by atoms with Crippen molar-refractivity contribution in [3.63, 3.8) is 0 Å². The Morgan fingerprint density at radius 2 is 0.959 bits per heavy atom. The van der Waals surface area contributed by atoms with Gasteiger partial charge in [0.2, 0.25) is 0 Å². The molecule has 0 amide bonds. The zero-order valence-electron chi connectivity index (χ0n) is 36.9. The average Bonchev–Trinajstić information content (AvgIpc) is 3.66. The van der Waals surface area contributed by atoms with Crippen LogP contribution in [0.4, 0.5) is 0 Å². The molecule has 228 valence electrons. The molecule has 1 heteroatoms. The summed E-state index contributed by atoms with van der Waals surface area (Å²) in [5, 5.41) is 6.23. The highest BCUT2D eigenvalue weighted by atomic mass is 16.3. The summed E-state index contributed by atoms with van der Waals surface area (Å²) in [4.78, 5) is 0. The molecule has 0 saturated carbocycles. The highest BCUT2D eigenvalue weighted by Crippen LogP contribution is 2.45. The van der Waals surface area contributed by atoms with E-state index in [4.69, 9.17) is 19.5 Å². The number of hydrogen-bond acceptors (Lipinski definition) is 1. The maximum absolute atomic E-state index is 9.16. The fourth-order valence-electron chi connectivity index (χ4n) is 7.16. The van der Waals surface area contributed by atoms with Crippen LogP contribution in [0.15, 0.2) is 186 Å². The SMILES string of the molecule is [2H]c1c([2H])c([2H])c(-c2c([2H])c([2H])c([2H])c3c2oc2c([2H])c([2H])c([2H])c(-c4ccc5cc(-c6c7ccccc7c(-c7ccccc7)c7ccccc67)ccc5c4)c23)c([2H])c1[2H]. The molecule has 1 heterocycles. The maximum atomic E-state index is 9.16. The number of benzene rings is 9. The quantitative estimate of drug-likeness (QED) is 0.176. The third-order valence-electron chi connectivity index (χ3n) is 9.29.